The van der Waals surface area contributed by atoms with Gasteiger partial charge in [0.15, 0.2) is 0 Å². The number of halogens is 1. The normalized spacial score (nSPS) is 20.4. The van der Waals surface area contributed by atoms with Crippen molar-refractivity contribution in [2.45, 2.75) is 82.5 Å². The smallest absolute Gasteiger partial charge is 0.329 e. The first-order valence-electron chi connectivity index (χ1n) is 12.6. The molecule has 1 saturated heterocycles. The van der Waals surface area contributed by atoms with E-state index in [9.17, 15) is 9.90 Å². The summed E-state index contributed by atoms with van der Waals surface area (Å²) in [6, 6.07) is 9.62. The lowest BCUT2D eigenvalue weighted by Crippen LogP contribution is -2.50. The van der Waals surface area contributed by atoms with Crippen LogP contribution in [0.25, 0.3) is 11.1 Å². The zero-order valence-electron chi connectivity index (χ0n) is 19.9. The molecule has 3 fully saturated rings. The Balaban J connectivity index is 1.50. The summed E-state index contributed by atoms with van der Waals surface area (Å²) in [6.45, 7) is 3.22. The van der Waals surface area contributed by atoms with Crippen LogP contribution in [0.4, 0.5) is 10.1 Å². The third kappa shape index (κ3) is 4.84. The van der Waals surface area contributed by atoms with Crippen molar-refractivity contribution in [3.63, 3.8) is 0 Å². The standard InChI is InChI=1S/C28H34FNO4/c1-18-14-24(19-6-7-19)26(29)25(15-18)23-9-8-21(16-20(23)17-34-22-4-2-3-5-22)30-28(27(31)32)10-12-33-13-11-28/h8-9,14-16,19,22,30H,2-7,10-13,17H2,1H3,(H,31,32). The summed E-state index contributed by atoms with van der Waals surface area (Å²) in [5, 5.41) is 13.2. The fourth-order valence-electron chi connectivity index (χ4n) is 5.39. The number of aryl methyl sites for hydroxylation is 1. The van der Waals surface area contributed by atoms with Crippen LogP contribution in [0, 0.1) is 12.7 Å². The van der Waals surface area contributed by atoms with Gasteiger partial charge in [0.05, 0.1) is 12.7 Å². The quantitative estimate of drug-likeness (QED) is 0.485. The van der Waals surface area contributed by atoms with Crippen LogP contribution in [-0.4, -0.2) is 35.9 Å². The van der Waals surface area contributed by atoms with E-state index in [2.05, 4.69) is 5.32 Å². The van der Waals surface area contributed by atoms with Crippen molar-refractivity contribution in [1.29, 1.82) is 0 Å². The molecule has 2 aliphatic carbocycles. The molecular formula is C28H34FNO4. The number of ether oxygens (including phenoxy) is 2. The molecule has 3 aliphatic rings. The predicted molar refractivity (Wildman–Crippen MR) is 130 cm³/mol. The van der Waals surface area contributed by atoms with E-state index in [-0.39, 0.29) is 11.9 Å². The van der Waals surface area contributed by atoms with Crippen molar-refractivity contribution in [3.05, 3.63) is 52.8 Å². The Bertz CT molecular complexity index is 1050. The summed E-state index contributed by atoms with van der Waals surface area (Å²) in [6.07, 6.45) is 7.58. The molecule has 2 N–H and O–H groups in total. The predicted octanol–water partition coefficient (Wildman–Crippen LogP) is 6.18. The van der Waals surface area contributed by atoms with E-state index >= 15 is 4.39 Å². The highest BCUT2D eigenvalue weighted by molar-refractivity contribution is 5.83. The third-order valence-corrected chi connectivity index (χ3v) is 7.57. The molecule has 182 valence electrons. The molecule has 0 aromatic heterocycles. The molecule has 6 heteroatoms. The maximum Gasteiger partial charge on any atom is 0.329 e. The van der Waals surface area contributed by atoms with Gasteiger partial charge in [0.2, 0.25) is 0 Å². The van der Waals surface area contributed by atoms with Gasteiger partial charge in [-0.05, 0) is 73.4 Å². The highest BCUT2D eigenvalue weighted by Gasteiger charge is 2.40. The second-order valence-corrected chi connectivity index (χ2v) is 10.2. The lowest BCUT2D eigenvalue weighted by atomic mass is 9.89. The molecule has 1 heterocycles. The zero-order chi connectivity index (χ0) is 23.7. The summed E-state index contributed by atoms with van der Waals surface area (Å²) >= 11 is 0. The number of carbonyl (C=O) groups is 1. The van der Waals surface area contributed by atoms with Crippen molar-refractivity contribution in [2.75, 3.05) is 18.5 Å². The maximum atomic E-state index is 15.6. The molecule has 0 amide bonds. The van der Waals surface area contributed by atoms with Gasteiger partial charge in [-0.3, -0.25) is 0 Å². The first-order chi connectivity index (χ1) is 16.4. The van der Waals surface area contributed by atoms with Crippen LogP contribution in [0.2, 0.25) is 0 Å². The molecule has 0 bridgehead atoms. The van der Waals surface area contributed by atoms with E-state index in [1.54, 1.807) is 0 Å². The van der Waals surface area contributed by atoms with Crippen LogP contribution in [0.3, 0.4) is 0 Å². The van der Waals surface area contributed by atoms with Gasteiger partial charge < -0.3 is 19.9 Å². The second-order valence-electron chi connectivity index (χ2n) is 10.2. The Hall–Kier alpha value is -2.44. The largest absolute Gasteiger partial charge is 0.480 e. The molecule has 34 heavy (non-hydrogen) atoms. The van der Waals surface area contributed by atoms with Gasteiger partial charge in [-0.2, -0.15) is 0 Å². The molecule has 2 saturated carbocycles. The molecule has 1 aliphatic heterocycles. The Labute approximate surface area is 200 Å². The second kappa shape index (κ2) is 9.67. The number of carboxylic acids is 1. The zero-order valence-corrected chi connectivity index (χ0v) is 19.9. The molecule has 0 unspecified atom stereocenters. The van der Waals surface area contributed by atoms with Crippen molar-refractivity contribution in [2.24, 2.45) is 0 Å². The molecular weight excluding hydrogens is 433 g/mol. The van der Waals surface area contributed by atoms with Gasteiger partial charge in [0.25, 0.3) is 0 Å². The van der Waals surface area contributed by atoms with Crippen LogP contribution in [0.15, 0.2) is 30.3 Å². The number of carboxylic acid groups (broad SMARTS) is 1. The van der Waals surface area contributed by atoms with Crippen LogP contribution >= 0.6 is 0 Å². The summed E-state index contributed by atoms with van der Waals surface area (Å²) < 4.78 is 27.3. The molecule has 0 atom stereocenters. The highest BCUT2D eigenvalue weighted by Crippen LogP contribution is 2.44. The topological polar surface area (TPSA) is 67.8 Å². The fourth-order valence-corrected chi connectivity index (χ4v) is 5.39. The van der Waals surface area contributed by atoms with Gasteiger partial charge in [0, 0.05) is 37.3 Å². The Morgan fingerprint density at radius 3 is 2.53 bits per heavy atom. The lowest BCUT2D eigenvalue weighted by molar-refractivity contribution is -0.145. The van der Waals surface area contributed by atoms with Crippen molar-refractivity contribution >= 4 is 11.7 Å². The molecule has 2 aromatic rings. The summed E-state index contributed by atoms with van der Waals surface area (Å²) in [4.78, 5) is 12.2. The summed E-state index contributed by atoms with van der Waals surface area (Å²) in [5.41, 5.74) is 3.84. The highest BCUT2D eigenvalue weighted by atomic mass is 19.1. The maximum absolute atomic E-state index is 15.6. The van der Waals surface area contributed by atoms with Gasteiger partial charge in [-0.25, -0.2) is 9.18 Å². The molecule has 0 radical (unpaired) electrons. The van der Waals surface area contributed by atoms with Crippen LogP contribution in [0.5, 0.6) is 0 Å². The number of hydrogen-bond donors (Lipinski definition) is 2. The van der Waals surface area contributed by atoms with E-state index in [1.165, 1.54) is 12.8 Å². The number of rotatable bonds is 8. The van der Waals surface area contributed by atoms with Crippen molar-refractivity contribution < 1.29 is 23.8 Å². The van der Waals surface area contributed by atoms with E-state index in [0.29, 0.717) is 49.8 Å². The Morgan fingerprint density at radius 2 is 1.85 bits per heavy atom. The minimum Gasteiger partial charge on any atom is -0.480 e. The van der Waals surface area contributed by atoms with Crippen LogP contribution < -0.4 is 5.32 Å². The minimum atomic E-state index is -1.06. The lowest BCUT2D eigenvalue weighted by Gasteiger charge is -2.35. The van der Waals surface area contributed by atoms with Gasteiger partial charge in [-0.1, -0.05) is 30.5 Å². The number of aliphatic carboxylic acids is 1. The van der Waals surface area contributed by atoms with Crippen molar-refractivity contribution in [1.82, 2.24) is 0 Å². The van der Waals surface area contributed by atoms with Crippen LogP contribution in [0.1, 0.15) is 74.0 Å². The number of benzene rings is 2. The average Bonchev–Trinajstić information content (AvgIpc) is 3.54. The van der Waals surface area contributed by atoms with Gasteiger partial charge in [0.1, 0.15) is 11.4 Å². The monoisotopic (exact) mass is 467 g/mol. The van der Waals surface area contributed by atoms with E-state index in [4.69, 9.17) is 9.47 Å². The first-order valence-corrected chi connectivity index (χ1v) is 12.6. The Morgan fingerprint density at radius 1 is 1.12 bits per heavy atom. The van der Waals surface area contributed by atoms with Crippen molar-refractivity contribution in [3.8, 4) is 11.1 Å². The number of nitrogens with one attached hydrogen (secondary N) is 1. The molecule has 0 spiro atoms. The Kier molecular flexibility index (Phi) is 6.63. The summed E-state index contributed by atoms with van der Waals surface area (Å²) in [5.74, 6) is -0.688. The van der Waals surface area contributed by atoms with Gasteiger partial charge >= 0.3 is 5.97 Å². The van der Waals surface area contributed by atoms with E-state index in [1.807, 2.05) is 37.3 Å². The molecule has 5 nitrogen and oxygen atoms in total. The molecule has 5 rings (SSSR count). The third-order valence-electron chi connectivity index (χ3n) is 7.57. The average molecular weight is 468 g/mol. The van der Waals surface area contributed by atoms with E-state index < -0.39 is 11.5 Å². The van der Waals surface area contributed by atoms with Crippen LogP contribution in [-0.2, 0) is 20.9 Å². The summed E-state index contributed by atoms with van der Waals surface area (Å²) in [7, 11) is 0. The number of anilines is 1. The number of hydrogen-bond acceptors (Lipinski definition) is 4. The van der Waals surface area contributed by atoms with Gasteiger partial charge in [-0.15, -0.1) is 0 Å². The van der Waals surface area contributed by atoms with E-state index in [0.717, 1.165) is 47.9 Å². The first kappa shape index (κ1) is 23.3. The fraction of sp³-hybridized carbons (Fsp3) is 0.536. The molecule has 2 aromatic carbocycles. The minimum absolute atomic E-state index is 0.137. The SMILES string of the molecule is Cc1cc(-c2ccc(NC3(C(=O)O)CCOCC3)cc2COC2CCCC2)c(F)c(C2CC2)c1.